The van der Waals surface area contributed by atoms with Gasteiger partial charge in [-0.1, -0.05) is 0 Å². The monoisotopic (exact) mass is 380 g/mol. The molecule has 0 saturated heterocycles. The summed E-state index contributed by atoms with van der Waals surface area (Å²) in [7, 11) is 0. The molecule has 1 aromatic heterocycles. The zero-order valence-corrected chi connectivity index (χ0v) is 12.1. The standard InChI is InChI=1S/C11H4Br2F2OS/c12-5-1-2-7(14)8(9(5)15)10(16)11-6(13)3-4-17-11/h1-4H. The molecule has 0 amide bonds. The van der Waals surface area contributed by atoms with Crippen LogP contribution in [-0.4, -0.2) is 5.78 Å². The molecular formula is C11H4Br2F2OS. The number of carbonyl (C=O) groups is 1. The van der Waals surface area contributed by atoms with E-state index >= 15 is 0 Å². The minimum absolute atomic E-state index is 0.0647. The lowest BCUT2D eigenvalue weighted by atomic mass is 10.1. The molecule has 0 N–H and O–H groups in total. The number of thiophene rings is 1. The maximum Gasteiger partial charge on any atom is 0.210 e. The Kier molecular flexibility index (Phi) is 3.75. The third-order valence-corrected chi connectivity index (χ3v) is 4.54. The Morgan fingerprint density at radius 2 is 1.82 bits per heavy atom. The molecule has 2 aromatic rings. The number of rotatable bonds is 2. The predicted molar refractivity (Wildman–Crippen MR) is 69.5 cm³/mol. The van der Waals surface area contributed by atoms with Crippen LogP contribution in [0.1, 0.15) is 15.2 Å². The molecule has 0 aliphatic rings. The molecule has 2 rings (SSSR count). The molecule has 1 aromatic carbocycles. The van der Waals surface area contributed by atoms with Gasteiger partial charge in [0.1, 0.15) is 5.82 Å². The highest BCUT2D eigenvalue weighted by atomic mass is 79.9. The fourth-order valence-corrected chi connectivity index (χ4v) is 3.13. The smallest absolute Gasteiger partial charge is 0.210 e. The van der Waals surface area contributed by atoms with Gasteiger partial charge in [0.25, 0.3) is 0 Å². The topological polar surface area (TPSA) is 17.1 Å². The lowest BCUT2D eigenvalue weighted by Gasteiger charge is -2.04. The van der Waals surface area contributed by atoms with E-state index in [1.165, 1.54) is 6.07 Å². The summed E-state index contributed by atoms with van der Waals surface area (Å²) in [4.78, 5) is 12.3. The third-order valence-electron chi connectivity index (χ3n) is 2.09. The van der Waals surface area contributed by atoms with Crippen LogP contribution in [0.2, 0.25) is 0 Å². The molecule has 1 heterocycles. The lowest BCUT2D eigenvalue weighted by Crippen LogP contribution is -2.07. The van der Waals surface area contributed by atoms with Gasteiger partial charge in [-0.3, -0.25) is 4.79 Å². The van der Waals surface area contributed by atoms with Crippen molar-refractivity contribution in [3.63, 3.8) is 0 Å². The third kappa shape index (κ3) is 2.34. The van der Waals surface area contributed by atoms with Gasteiger partial charge in [0.15, 0.2) is 5.82 Å². The first-order valence-corrected chi connectivity index (χ1v) is 6.90. The highest BCUT2D eigenvalue weighted by molar-refractivity contribution is 9.10. The zero-order chi connectivity index (χ0) is 12.6. The van der Waals surface area contributed by atoms with E-state index in [0.29, 0.717) is 4.47 Å². The highest BCUT2D eigenvalue weighted by Gasteiger charge is 2.23. The van der Waals surface area contributed by atoms with Crippen LogP contribution < -0.4 is 0 Å². The van der Waals surface area contributed by atoms with E-state index in [9.17, 15) is 13.6 Å². The minimum Gasteiger partial charge on any atom is -0.287 e. The van der Waals surface area contributed by atoms with E-state index in [2.05, 4.69) is 31.9 Å². The number of benzene rings is 1. The molecule has 1 nitrogen and oxygen atoms in total. The molecule has 88 valence electrons. The van der Waals surface area contributed by atoms with E-state index in [0.717, 1.165) is 17.4 Å². The van der Waals surface area contributed by atoms with Crippen molar-refractivity contribution in [1.29, 1.82) is 0 Å². The Labute approximate surface area is 117 Å². The molecule has 0 fully saturated rings. The summed E-state index contributed by atoms with van der Waals surface area (Å²) in [5.41, 5.74) is -0.539. The minimum atomic E-state index is -0.879. The van der Waals surface area contributed by atoms with Crippen molar-refractivity contribution in [2.75, 3.05) is 0 Å². The SMILES string of the molecule is O=C(c1sccc1Br)c1c(F)ccc(Br)c1F. The van der Waals surface area contributed by atoms with E-state index in [4.69, 9.17) is 0 Å². The molecular weight excluding hydrogens is 378 g/mol. The van der Waals surface area contributed by atoms with Gasteiger partial charge in [-0.2, -0.15) is 0 Å². The van der Waals surface area contributed by atoms with Crippen LogP contribution >= 0.6 is 43.2 Å². The average Bonchev–Trinajstić information content (AvgIpc) is 2.70. The zero-order valence-electron chi connectivity index (χ0n) is 8.14. The molecule has 0 saturated carbocycles. The van der Waals surface area contributed by atoms with E-state index in [-0.39, 0.29) is 9.35 Å². The summed E-state index contributed by atoms with van der Waals surface area (Å²) in [5.74, 6) is -2.41. The van der Waals surface area contributed by atoms with Crippen molar-refractivity contribution in [1.82, 2.24) is 0 Å². The van der Waals surface area contributed by atoms with Crippen molar-refractivity contribution >= 4 is 49.0 Å². The second-order valence-electron chi connectivity index (χ2n) is 3.14. The molecule has 0 spiro atoms. The first-order chi connectivity index (χ1) is 8.02. The van der Waals surface area contributed by atoms with Gasteiger partial charge in [-0.05, 0) is 55.4 Å². The summed E-state index contributed by atoms with van der Waals surface area (Å²) in [6, 6.07) is 3.94. The van der Waals surface area contributed by atoms with Gasteiger partial charge in [-0.25, -0.2) is 8.78 Å². The first-order valence-electron chi connectivity index (χ1n) is 4.43. The normalized spacial score (nSPS) is 10.6. The van der Waals surface area contributed by atoms with E-state index in [1.54, 1.807) is 11.4 Å². The Balaban J connectivity index is 2.59. The van der Waals surface area contributed by atoms with E-state index in [1.807, 2.05) is 0 Å². The van der Waals surface area contributed by atoms with Crippen LogP contribution in [0, 0.1) is 11.6 Å². The Morgan fingerprint density at radius 3 is 2.41 bits per heavy atom. The summed E-state index contributed by atoms with van der Waals surface area (Å²) in [5, 5.41) is 1.67. The van der Waals surface area contributed by atoms with Crippen LogP contribution in [0.5, 0.6) is 0 Å². The van der Waals surface area contributed by atoms with Gasteiger partial charge in [-0.15, -0.1) is 11.3 Å². The van der Waals surface area contributed by atoms with Gasteiger partial charge in [0.05, 0.1) is 14.9 Å². The number of hydrogen-bond acceptors (Lipinski definition) is 2. The van der Waals surface area contributed by atoms with Crippen LogP contribution in [0.4, 0.5) is 8.78 Å². The molecule has 0 aliphatic carbocycles. The highest BCUT2D eigenvalue weighted by Crippen LogP contribution is 2.29. The molecule has 0 unspecified atom stereocenters. The molecule has 0 bridgehead atoms. The van der Waals surface area contributed by atoms with E-state index < -0.39 is 23.0 Å². The van der Waals surface area contributed by atoms with Crippen molar-refractivity contribution < 1.29 is 13.6 Å². The first kappa shape index (κ1) is 12.9. The molecule has 0 aliphatic heterocycles. The molecule has 6 heteroatoms. The quantitative estimate of drug-likeness (QED) is 0.540. The predicted octanol–water partition coefficient (Wildman–Crippen LogP) is 4.78. The lowest BCUT2D eigenvalue weighted by molar-refractivity contribution is 0.103. The maximum atomic E-state index is 13.7. The second kappa shape index (κ2) is 4.96. The van der Waals surface area contributed by atoms with Crippen molar-refractivity contribution in [2.24, 2.45) is 0 Å². The average molecular weight is 382 g/mol. The fraction of sp³-hybridized carbons (Fsp3) is 0. The number of halogens is 4. The number of carbonyl (C=O) groups excluding carboxylic acids is 1. The van der Waals surface area contributed by atoms with Crippen molar-refractivity contribution in [2.45, 2.75) is 0 Å². The Hall–Kier alpha value is -0.590. The summed E-state index contributed by atoms with van der Waals surface area (Å²) >= 11 is 7.22. The second-order valence-corrected chi connectivity index (χ2v) is 5.77. The summed E-state index contributed by atoms with van der Waals surface area (Å²) < 4.78 is 27.8. The number of hydrogen-bond donors (Lipinski definition) is 0. The largest absolute Gasteiger partial charge is 0.287 e. The van der Waals surface area contributed by atoms with Gasteiger partial charge in [0, 0.05) is 4.47 Å². The van der Waals surface area contributed by atoms with Crippen LogP contribution in [-0.2, 0) is 0 Å². The van der Waals surface area contributed by atoms with Gasteiger partial charge >= 0.3 is 0 Å². The van der Waals surface area contributed by atoms with Crippen molar-refractivity contribution in [3.8, 4) is 0 Å². The molecule has 17 heavy (non-hydrogen) atoms. The molecule has 0 radical (unpaired) electrons. The Bertz CT molecular complexity index is 595. The van der Waals surface area contributed by atoms with Gasteiger partial charge in [0.2, 0.25) is 5.78 Å². The molecule has 0 atom stereocenters. The Morgan fingerprint density at radius 1 is 1.12 bits per heavy atom. The summed E-state index contributed by atoms with van der Waals surface area (Å²) in [6.45, 7) is 0. The summed E-state index contributed by atoms with van der Waals surface area (Å²) in [6.07, 6.45) is 0. The maximum absolute atomic E-state index is 13.7. The van der Waals surface area contributed by atoms with Crippen LogP contribution in [0.3, 0.4) is 0 Å². The number of ketones is 1. The fourth-order valence-electron chi connectivity index (χ4n) is 1.30. The van der Waals surface area contributed by atoms with Gasteiger partial charge < -0.3 is 0 Å². The van der Waals surface area contributed by atoms with Crippen molar-refractivity contribution in [3.05, 3.63) is 54.6 Å². The van der Waals surface area contributed by atoms with Crippen LogP contribution in [0.15, 0.2) is 32.5 Å². The van der Waals surface area contributed by atoms with Crippen LogP contribution in [0.25, 0.3) is 0 Å².